The average Bonchev–Trinajstić information content (AvgIpc) is 2.84. The molecule has 21 heavy (non-hydrogen) atoms. The Morgan fingerprint density at radius 1 is 1.33 bits per heavy atom. The van der Waals surface area contributed by atoms with Gasteiger partial charge in [-0.15, -0.1) is 0 Å². The number of aliphatic hydroxyl groups excluding tert-OH is 1. The summed E-state index contributed by atoms with van der Waals surface area (Å²) in [6.45, 7) is 7.65. The number of benzene rings is 1. The molecule has 0 spiro atoms. The highest BCUT2D eigenvalue weighted by Crippen LogP contribution is 2.29. The summed E-state index contributed by atoms with van der Waals surface area (Å²) in [5.74, 6) is 2.23. The topological polar surface area (TPSA) is 41.9 Å². The number of methoxy groups -OCH3 is 1. The van der Waals surface area contributed by atoms with Gasteiger partial charge in [0.15, 0.2) is 11.5 Å². The zero-order valence-corrected chi connectivity index (χ0v) is 13.3. The molecule has 4 heteroatoms. The third kappa shape index (κ3) is 4.90. The fraction of sp³-hybridized carbons (Fsp3) is 0.647. The van der Waals surface area contributed by atoms with Crippen LogP contribution in [-0.2, 0) is 6.54 Å². The molecular weight excluding hydrogens is 266 g/mol. The lowest BCUT2D eigenvalue weighted by atomic mass is 10.1. The van der Waals surface area contributed by atoms with Crippen molar-refractivity contribution in [2.75, 3.05) is 26.8 Å². The number of rotatable bonds is 7. The minimum absolute atomic E-state index is 0.176. The molecule has 1 fully saturated rings. The Morgan fingerprint density at radius 3 is 2.76 bits per heavy atom. The summed E-state index contributed by atoms with van der Waals surface area (Å²) in [5, 5.41) is 9.60. The molecule has 0 saturated carbocycles. The van der Waals surface area contributed by atoms with Crippen molar-refractivity contribution in [3.63, 3.8) is 0 Å². The van der Waals surface area contributed by atoms with Gasteiger partial charge in [-0.3, -0.25) is 4.90 Å². The van der Waals surface area contributed by atoms with Crippen LogP contribution in [0.4, 0.5) is 0 Å². The van der Waals surface area contributed by atoms with E-state index in [0.29, 0.717) is 12.5 Å². The summed E-state index contributed by atoms with van der Waals surface area (Å²) in [4.78, 5) is 2.27. The molecule has 1 aliphatic rings. The van der Waals surface area contributed by atoms with Crippen molar-refractivity contribution in [1.29, 1.82) is 0 Å². The van der Waals surface area contributed by atoms with Crippen molar-refractivity contribution < 1.29 is 14.6 Å². The van der Waals surface area contributed by atoms with Gasteiger partial charge in [-0.25, -0.2) is 0 Å². The normalized spacial score (nSPS) is 19.2. The van der Waals surface area contributed by atoms with Gasteiger partial charge < -0.3 is 14.6 Å². The molecule has 0 aromatic heterocycles. The molecule has 1 aromatic carbocycles. The van der Waals surface area contributed by atoms with Crippen LogP contribution in [0.5, 0.6) is 11.5 Å². The van der Waals surface area contributed by atoms with Gasteiger partial charge in [-0.1, -0.05) is 19.9 Å². The van der Waals surface area contributed by atoms with Gasteiger partial charge in [-0.05, 0) is 36.5 Å². The van der Waals surface area contributed by atoms with Crippen LogP contribution in [0.25, 0.3) is 0 Å². The number of ether oxygens (including phenoxy) is 2. The molecule has 0 unspecified atom stereocenters. The largest absolute Gasteiger partial charge is 0.493 e. The van der Waals surface area contributed by atoms with E-state index in [2.05, 4.69) is 30.9 Å². The molecule has 4 nitrogen and oxygen atoms in total. The van der Waals surface area contributed by atoms with E-state index in [-0.39, 0.29) is 6.10 Å². The van der Waals surface area contributed by atoms with Gasteiger partial charge >= 0.3 is 0 Å². The number of nitrogens with zero attached hydrogens (tertiary/aromatic N) is 1. The van der Waals surface area contributed by atoms with Crippen LogP contribution in [0.15, 0.2) is 18.2 Å². The molecule has 118 valence electrons. The van der Waals surface area contributed by atoms with E-state index in [1.54, 1.807) is 7.11 Å². The van der Waals surface area contributed by atoms with Gasteiger partial charge in [0.1, 0.15) is 0 Å². The van der Waals surface area contributed by atoms with Gasteiger partial charge in [0.05, 0.1) is 19.8 Å². The Bertz CT molecular complexity index is 448. The lowest BCUT2D eigenvalue weighted by Crippen LogP contribution is -2.21. The van der Waals surface area contributed by atoms with E-state index in [1.807, 2.05) is 6.07 Å². The van der Waals surface area contributed by atoms with Crippen LogP contribution in [0, 0.1) is 5.92 Å². The molecule has 0 bridgehead atoms. The third-order valence-corrected chi connectivity index (χ3v) is 3.83. The Labute approximate surface area is 127 Å². The monoisotopic (exact) mass is 293 g/mol. The van der Waals surface area contributed by atoms with E-state index in [1.165, 1.54) is 5.56 Å². The highest BCUT2D eigenvalue weighted by atomic mass is 16.5. The van der Waals surface area contributed by atoms with E-state index in [4.69, 9.17) is 9.47 Å². The van der Waals surface area contributed by atoms with Crippen molar-refractivity contribution in [2.45, 2.75) is 39.3 Å². The first-order valence-electron chi connectivity index (χ1n) is 7.78. The summed E-state index contributed by atoms with van der Waals surface area (Å²) in [7, 11) is 1.67. The molecule has 0 aliphatic carbocycles. The van der Waals surface area contributed by atoms with Crippen LogP contribution in [0.3, 0.4) is 0 Å². The summed E-state index contributed by atoms with van der Waals surface area (Å²) in [5.41, 5.74) is 1.20. The van der Waals surface area contributed by atoms with E-state index in [0.717, 1.165) is 44.0 Å². The maximum Gasteiger partial charge on any atom is 0.161 e. The molecular formula is C17H27NO3. The summed E-state index contributed by atoms with van der Waals surface area (Å²) < 4.78 is 11.2. The molecule has 1 aromatic rings. The Morgan fingerprint density at radius 2 is 2.14 bits per heavy atom. The van der Waals surface area contributed by atoms with Gasteiger partial charge in [0, 0.05) is 19.6 Å². The van der Waals surface area contributed by atoms with Crippen molar-refractivity contribution in [3.05, 3.63) is 23.8 Å². The number of hydrogen-bond donors (Lipinski definition) is 1. The van der Waals surface area contributed by atoms with Crippen molar-refractivity contribution in [1.82, 2.24) is 4.90 Å². The third-order valence-electron chi connectivity index (χ3n) is 3.83. The Kier molecular flexibility index (Phi) is 5.88. The smallest absolute Gasteiger partial charge is 0.161 e. The minimum atomic E-state index is -0.176. The van der Waals surface area contributed by atoms with Gasteiger partial charge in [-0.2, -0.15) is 0 Å². The zero-order valence-electron chi connectivity index (χ0n) is 13.3. The summed E-state index contributed by atoms with van der Waals surface area (Å²) >= 11 is 0. The van der Waals surface area contributed by atoms with E-state index < -0.39 is 0 Å². The van der Waals surface area contributed by atoms with Crippen LogP contribution < -0.4 is 9.47 Å². The summed E-state index contributed by atoms with van der Waals surface area (Å²) in [6.07, 6.45) is 1.73. The molecule has 1 atom stereocenters. The molecule has 1 saturated heterocycles. The highest BCUT2D eigenvalue weighted by Gasteiger charge is 2.20. The van der Waals surface area contributed by atoms with E-state index in [9.17, 15) is 5.11 Å². The second-order valence-electron chi connectivity index (χ2n) is 6.19. The second-order valence-corrected chi connectivity index (χ2v) is 6.19. The van der Waals surface area contributed by atoms with Gasteiger partial charge in [0.25, 0.3) is 0 Å². The van der Waals surface area contributed by atoms with Crippen LogP contribution in [0.1, 0.15) is 32.3 Å². The van der Waals surface area contributed by atoms with Crippen molar-refractivity contribution in [2.24, 2.45) is 5.92 Å². The lowest BCUT2D eigenvalue weighted by Gasteiger charge is -2.17. The predicted octanol–water partition coefficient (Wildman–Crippen LogP) is 2.69. The maximum atomic E-state index is 9.60. The lowest BCUT2D eigenvalue weighted by molar-refractivity contribution is 0.174. The second kappa shape index (κ2) is 7.66. The Balaban J connectivity index is 1.98. The van der Waals surface area contributed by atoms with Crippen LogP contribution in [0.2, 0.25) is 0 Å². The fourth-order valence-electron chi connectivity index (χ4n) is 2.55. The van der Waals surface area contributed by atoms with Crippen molar-refractivity contribution in [3.8, 4) is 11.5 Å². The number of hydrogen-bond acceptors (Lipinski definition) is 4. The van der Waals surface area contributed by atoms with E-state index >= 15 is 0 Å². The minimum Gasteiger partial charge on any atom is -0.493 e. The highest BCUT2D eigenvalue weighted by molar-refractivity contribution is 5.43. The molecule has 1 aliphatic heterocycles. The molecule has 1 heterocycles. The first-order chi connectivity index (χ1) is 10.1. The molecule has 0 radical (unpaired) electrons. The standard InChI is InChI=1S/C17H27NO3/c1-13(2)7-9-21-17-10-14(4-5-16(17)20-3)11-18-8-6-15(19)12-18/h4-5,10,13,15,19H,6-9,11-12H2,1-3H3/t15-/m1/s1. The summed E-state index contributed by atoms with van der Waals surface area (Å²) in [6, 6.07) is 6.09. The first-order valence-corrected chi connectivity index (χ1v) is 7.78. The zero-order chi connectivity index (χ0) is 15.2. The number of aliphatic hydroxyl groups is 1. The van der Waals surface area contributed by atoms with Crippen LogP contribution in [-0.4, -0.2) is 42.9 Å². The van der Waals surface area contributed by atoms with Crippen molar-refractivity contribution >= 4 is 0 Å². The van der Waals surface area contributed by atoms with Crippen LogP contribution >= 0.6 is 0 Å². The maximum absolute atomic E-state index is 9.60. The Hall–Kier alpha value is -1.26. The molecule has 2 rings (SSSR count). The number of likely N-dealkylation sites (tertiary alicyclic amines) is 1. The fourth-order valence-corrected chi connectivity index (χ4v) is 2.55. The average molecular weight is 293 g/mol. The first kappa shape index (κ1) is 16.1. The number of β-amino-alcohol motifs (C(OH)–C–C–N with tert-alkyl or cyclic N) is 1. The predicted molar refractivity (Wildman–Crippen MR) is 83.8 cm³/mol. The SMILES string of the molecule is COc1ccc(CN2CC[C@@H](O)C2)cc1OCCC(C)C. The quantitative estimate of drug-likeness (QED) is 0.839. The molecule has 1 N–H and O–H groups in total. The van der Waals surface area contributed by atoms with Gasteiger partial charge in [0.2, 0.25) is 0 Å². The molecule has 0 amide bonds.